The molecule has 2 aliphatic heterocycles. The lowest BCUT2D eigenvalue weighted by molar-refractivity contribution is 0.118. The van der Waals surface area contributed by atoms with E-state index in [1.165, 1.54) is 57.0 Å². The van der Waals surface area contributed by atoms with Crippen molar-refractivity contribution in [3.05, 3.63) is 11.1 Å². The quantitative estimate of drug-likeness (QED) is 0.883. The van der Waals surface area contributed by atoms with Gasteiger partial charge in [0.15, 0.2) is 5.13 Å². The number of nitrogens with two attached hydrogens (primary N) is 1. The van der Waals surface area contributed by atoms with Crippen LogP contribution in [0.4, 0.5) is 5.13 Å². The van der Waals surface area contributed by atoms with Gasteiger partial charge in [-0.05, 0) is 25.9 Å². The summed E-state index contributed by atoms with van der Waals surface area (Å²) in [7, 11) is 0. The fourth-order valence-corrected chi connectivity index (χ4v) is 3.80. The zero-order valence-electron chi connectivity index (χ0n) is 12.5. The Balaban J connectivity index is 0.00000161. The predicted octanol–water partition coefficient (Wildman–Crippen LogP) is 1.36. The molecule has 0 spiro atoms. The molecule has 21 heavy (non-hydrogen) atoms. The largest absolute Gasteiger partial charge is 0.375 e. The molecular formula is C14H26ClN5S. The summed E-state index contributed by atoms with van der Waals surface area (Å²) in [5.41, 5.74) is 5.68. The average molecular weight is 332 g/mol. The Morgan fingerprint density at radius 1 is 0.952 bits per heavy atom. The number of rotatable bonds is 5. The van der Waals surface area contributed by atoms with Crippen molar-refractivity contribution in [2.24, 2.45) is 0 Å². The van der Waals surface area contributed by atoms with Crippen LogP contribution >= 0.6 is 23.7 Å². The summed E-state index contributed by atoms with van der Waals surface area (Å²) in [5.74, 6) is 0. The summed E-state index contributed by atoms with van der Waals surface area (Å²) in [5, 5.41) is 0.684. The highest BCUT2D eigenvalue weighted by atomic mass is 35.5. The average Bonchev–Trinajstić information content (AvgIpc) is 3.10. The number of piperazine rings is 1. The second kappa shape index (κ2) is 8.29. The number of nitrogen functional groups attached to an aromatic ring is 1. The van der Waals surface area contributed by atoms with E-state index in [1.54, 1.807) is 11.3 Å². The van der Waals surface area contributed by atoms with Gasteiger partial charge in [0, 0.05) is 56.9 Å². The lowest BCUT2D eigenvalue weighted by atomic mass is 10.3. The third-order valence-corrected chi connectivity index (χ3v) is 5.16. The van der Waals surface area contributed by atoms with Crippen molar-refractivity contribution >= 4 is 28.9 Å². The fraction of sp³-hybridized carbons (Fsp3) is 0.786. The van der Waals surface area contributed by atoms with E-state index >= 15 is 0 Å². The first-order chi connectivity index (χ1) is 9.79. The first kappa shape index (κ1) is 17.0. The van der Waals surface area contributed by atoms with E-state index in [0.29, 0.717) is 5.13 Å². The Hall–Kier alpha value is -0.400. The van der Waals surface area contributed by atoms with E-state index in [1.807, 2.05) is 6.20 Å². The van der Waals surface area contributed by atoms with Crippen LogP contribution in [0.5, 0.6) is 0 Å². The van der Waals surface area contributed by atoms with E-state index in [9.17, 15) is 0 Å². The third-order valence-electron chi connectivity index (χ3n) is 4.35. The van der Waals surface area contributed by atoms with Crippen molar-refractivity contribution in [2.75, 3.05) is 58.1 Å². The van der Waals surface area contributed by atoms with E-state index < -0.39 is 0 Å². The number of nitrogens with zero attached hydrogens (tertiary/aromatic N) is 4. The fourth-order valence-electron chi connectivity index (χ4n) is 3.08. The van der Waals surface area contributed by atoms with Crippen molar-refractivity contribution < 1.29 is 0 Å². The molecule has 0 aliphatic carbocycles. The minimum Gasteiger partial charge on any atom is -0.375 e. The summed E-state index contributed by atoms with van der Waals surface area (Å²) < 4.78 is 0. The van der Waals surface area contributed by atoms with Gasteiger partial charge in [-0.2, -0.15) is 0 Å². The number of aromatic nitrogens is 1. The SMILES string of the molecule is Cl.Nc1ncc(CN2CCN(CCN3CCCC3)CC2)s1. The molecule has 0 amide bonds. The Bertz CT molecular complexity index is 413. The molecular weight excluding hydrogens is 306 g/mol. The van der Waals surface area contributed by atoms with Crippen molar-refractivity contribution in [1.82, 2.24) is 19.7 Å². The highest BCUT2D eigenvalue weighted by Crippen LogP contribution is 2.17. The van der Waals surface area contributed by atoms with Crippen LogP contribution in [0, 0.1) is 0 Å². The minimum absolute atomic E-state index is 0. The molecule has 0 saturated carbocycles. The van der Waals surface area contributed by atoms with Crippen LogP contribution in [-0.4, -0.2) is 72.0 Å². The maximum Gasteiger partial charge on any atom is 0.180 e. The van der Waals surface area contributed by atoms with Crippen LogP contribution < -0.4 is 5.73 Å². The molecule has 2 saturated heterocycles. The van der Waals surface area contributed by atoms with Gasteiger partial charge in [-0.1, -0.05) is 0 Å². The van der Waals surface area contributed by atoms with Gasteiger partial charge in [-0.15, -0.1) is 23.7 Å². The number of likely N-dealkylation sites (tertiary alicyclic amines) is 1. The maximum absolute atomic E-state index is 5.68. The third kappa shape index (κ3) is 5.07. The van der Waals surface area contributed by atoms with E-state index in [4.69, 9.17) is 5.73 Å². The predicted molar refractivity (Wildman–Crippen MR) is 91.2 cm³/mol. The highest BCUT2D eigenvalue weighted by Gasteiger charge is 2.19. The number of anilines is 1. The summed E-state index contributed by atoms with van der Waals surface area (Å²) in [4.78, 5) is 13.1. The molecule has 0 aromatic carbocycles. The molecule has 2 N–H and O–H groups in total. The van der Waals surface area contributed by atoms with Gasteiger partial charge < -0.3 is 10.6 Å². The van der Waals surface area contributed by atoms with Crippen LogP contribution in [0.2, 0.25) is 0 Å². The summed E-state index contributed by atoms with van der Waals surface area (Å²) in [6.07, 6.45) is 4.71. The van der Waals surface area contributed by atoms with E-state index in [2.05, 4.69) is 19.7 Å². The summed E-state index contributed by atoms with van der Waals surface area (Å²) >= 11 is 1.61. The van der Waals surface area contributed by atoms with Crippen LogP contribution in [0.25, 0.3) is 0 Å². The van der Waals surface area contributed by atoms with Gasteiger partial charge in [-0.3, -0.25) is 9.80 Å². The molecule has 7 heteroatoms. The zero-order valence-corrected chi connectivity index (χ0v) is 14.2. The van der Waals surface area contributed by atoms with Gasteiger partial charge in [0.25, 0.3) is 0 Å². The number of halogens is 1. The van der Waals surface area contributed by atoms with Gasteiger partial charge in [-0.25, -0.2) is 4.98 Å². The lowest BCUT2D eigenvalue weighted by Crippen LogP contribution is -2.47. The van der Waals surface area contributed by atoms with Crippen LogP contribution in [0.3, 0.4) is 0 Å². The normalized spacial score (nSPS) is 21.5. The number of hydrogen-bond donors (Lipinski definition) is 1. The van der Waals surface area contributed by atoms with Gasteiger partial charge in [0.2, 0.25) is 0 Å². The maximum atomic E-state index is 5.68. The Labute approximate surface area is 137 Å². The molecule has 0 atom stereocenters. The number of hydrogen-bond acceptors (Lipinski definition) is 6. The Kier molecular flexibility index (Phi) is 6.70. The summed E-state index contributed by atoms with van der Waals surface area (Å²) in [6.45, 7) is 10.8. The molecule has 0 bridgehead atoms. The molecule has 0 radical (unpaired) electrons. The molecule has 1 aromatic heterocycles. The van der Waals surface area contributed by atoms with E-state index in [0.717, 1.165) is 19.6 Å². The Morgan fingerprint density at radius 2 is 1.52 bits per heavy atom. The van der Waals surface area contributed by atoms with Gasteiger partial charge >= 0.3 is 0 Å². The topological polar surface area (TPSA) is 48.6 Å². The van der Waals surface area contributed by atoms with Crippen LogP contribution in [-0.2, 0) is 6.54 Å². The standard InChI is InChI=1S/C14H25N5S.ClH/c15-14-16-11-13(20-14)12-19-9-7-18(8-10-19)6-5-17-3-1-2-4-17;/h11H,1-10,12H2,(H2,15,16);1H. The van der Waals surface area contributed by atoms with Crippen molar-refractivity contribution in [2.45, 2.75) is 19.4 Å². The molecule has 5 nitrogen and oxygen atoms in total. The monoisotopic (exact) mass is 331 g/mol. The first-order valence-electron chi connectivity index (χ1n) is 7.67. The molecule has 3 rings (SSSR count). The van der Waals surface area contributed by atoms with E-state index in [-0.39, 0.29) is 12.4 Å². The van der Waals surface area contributed by atoms with Gasteiger partial charge in [0.1, 0.15) is 0 Å². The Morgan fingerprint density at radius 3 is 2.10 bits per heavy atom. The molecule has 2 aliphatic rings. The second-order valence-corrected chi connectivity index (χ2v) is 6.98. The van der Waals surface area contributed by atoms with Crippen molar-refractivity contribution in [1.29, 1.82) is 0 Å². The molecule has 1 aromatic rings. The number of thiazole rings is 1. The lowest BCUT2D eigenvalue weighted by Gasteiger charge is -2.35. The molecule has 0 unspecified atom stereocenters. The van der Waals surface area contributed by atoms with Crippen LogP contribution in [0.15, 0.2) is 6.20 Å². The van der Waals surface area contributed by atoms with Crippen molar-refractivity contribution in [3.8, 4) is 0 Å². The van der Waals surface area contributed by atoms with Crippen molar-refractivity contribution in [3.63, 3.8) is 0 Å². The van der Waals surface area contributed by atoms with Gasteiger partial charge in [0.05, 0.1) is 0 Å². The second-order valence-electron chi connectivity index (χ2n) is 5.83. The molecule has 2 fully saturated rings. The van der Waals surface area contributed by atoms with Crippen LogP contribution in [0.1, 0.15) is 17.7 Å². The molecule has 120 valence electrons. The zero-order chi connectivity index (χ0) is 13.8. The first-order valence-corrected chi connectivity index (χ1v) is 8.48. The smallest absolute Gasteiger partial charge is 0.180 e. The molecule has 3 heterocycles. The highest BCUT2D eigenvalue weighted by molar-refractivity contribution is 7.15. The summed E-state index contributed by atoms with van der Waals surface area (Å²) in [6, 6.07) is 0. The minimum atomic E-state index is 0.